The average molecular weight is 359 g/mol. The summed E-state index contributed by atoms with van der Waals surface area (Å²) in [5, 5.41) is 4.13. The van der Waals surface area contributed by atoms with Gasteiger partial charge in [0.05, 0.1) is 11.3 Å². The average Bonchev–Trinajstić information content (AvgIpc) is 2.74. The Labute approximate surface area is 134 Å². The molecular weight excluding hydrogens is 348 g/mol. The molecule has 1 unspecified atom stereocenters. The molecule has 2 aromatic rings. The quantitative estimate of drug-likeness (QED) is 0.795. The van der Waals surface area contributed by atoms with Crippen molar-refractivity contribution in [3.8, 4) is 0 Å². The number of benzene rings is 2. The van der Waals surface area contributed by atoms with Crippen LogP contribution in [0.1, 0.15) is 23.2 Å². The van der Waals surface area contributed by atoms with E-state index in [-0.39, 0.29) is 18.2 Å². The molecule has 1 atom stereocenters. The van der Waals surface area contributed by atoms with Crippen molar-refractivity contribution < 1.29 is 14.4 Å². The summed E-state index contributed by atoms with van der Waals surface area (Å²) < 4.78 is 0.825. The summed E-state index contributed by atoms with van der Waals surface area (Å²) in [5.41, 5.74) is 1.32. The maximum absolute atomic E-state index is 12.8. The van der Waals surface area contributed by atoms with Crippen LogP contribution in [0.2, 0.25) is 0 Å². The van der Waals surface area contributed by atoms with Crippen LogP contribution in [0.25, 0.3) is 10.8 Å². The fraction of sp³-hybridized carbons (Fsp3) is 0.188. The maximum atomic E-state index is 12.8. The van der Waals surface area contributed by atoms with Gasteiger partial charge in [-0.25, -0.2) is 0 Å². The Kier molecular flexibility index (Phi) is 2.84. The molecule has 2 aromatic carbocycles. The van der Waals surface area contributed by atoms with Crippen LogP contribution in [0.5, 0.6) is 0 Å². The van der Waals surface area contributed by atoms with Crippen molar-refractivity contribution in [2.75, 3.05) is 4.90 Å². The lowest BCUT2D eigenvalue weighted by Gasteiger charge is -2.30. The van der Waals surface area contributed by atoms with Crippen LogP contribution in [0.15, 0.2) is 34.8 Å². The van der Waals surface area contributed by atoms with E-state index < -0.39 is 11.9 Å². The number of carbonyl (C=O) groups is 3. The first-order valence-electron chi connectivity index (χ1n) is 6.96. The first-order valence-corrected chi connectivity index (χ1v) is 7.75. The van der Waals surface area contributed by atoms with Gasteiger partial charge in [0.25, 0.3) is 5.91 Å². The second-order valence-corrected chi connectivity index (χ2v) is 6.39. The summed E-state index contributed by atoms with van der Waals surface area (Å²) in [5.74, 6) is -0.887. The molecule has 5 nitrogen and oxygen atoms in total. The second-order valence-electron chi connectivity index (χ2n) is 5.47. The molecule has 0 radical (unpaired) electrons. The lowest BCUT2D eigenvalue weighted by Crippen LogP contribution is -2.53. The van der Waals surface area contributed by atoms with Crippen LogP contribution in [0, 0.1) is 0 Å². The van der Waals surface area contributed by atoms with Gasteiger partial charge in [-0.3, -0.25) is 24.6 Å². The van der Waals surface area contributed by atoms with Crippen molar-refractivity contribution in [1.82, 2.24) is 5.32 Å². The van der Waals surface area contributed by atoms with E-state index in [0.717, 1.165) is 20.9 Å². The first-order chi connectivity index (χ1) is 10.6. The van der Waals surface area contributed by atoms with Crippen LogP contribution < -0.4 is 10.2 Å². The number of amides is 3. The van der Waals surface area contributed by atoms with Gasteiger partial charge in [0.1, 0.15) is 6.04 Å². The number of hydrogen-bond acceptors (Lipinski definition) is 3. The monoisotopic (exact) mass is 358 g/mol. The van der Waals surface area contributed by atoms with Crippen LogP contribution in [0.4, 0.5) is 5.69 Å². The van der Waals surface area contributed by atoms with Crippen molar-refractivity contribution in [1.29, 1.82) is 0 Å². The predicted molar refractivity (Wildman–Crippen MR) is 84.6 cm³/mol. The standard InChI is InChI=1S/C16H11BrN2O3/c17-9-6-8-2-1-3-11-14(8)10(7-9)16(22)19(11)12-4-5-13(20)18-15(12)21/h1-3,6-7,12H,4-5H2,(H,18,20,21). The number of piperidine rings is 1. The molecule has 6 heteroatoms. The molecule has 0 spiro atoms. The topological polar surface area (TPSA) is 66.5 Å². The number of hydrogen-bond donors (Lipinski definition) is 1. The maximum Gasteiger partial charge on any atom is 0.259 e. The molecule has 1 fully saturated rings. The highest BCUT2D eigenvalue weighted by molar-refractivity contribution is 9.10. The van der Waals surface area contributed by atoms with E-state index in [1.807, 2.05) is 24.3 Å². The minimum absolute atomic E-state index is 0.193. The van der Waals surface area contributed by atoms with Crippen LogP contribution in [-0.4, -0.2) is 23.8 Å². The third-order valence-corrected chi connectivity index (χ3v) is 4.61. The predicted octanol–water partition coefficient (Wildman–Crippen LogP) is 2.37. The van der Waals surface area contributed by atoms with Crippen molar-refractivity contribution in [2.45, 2.75) is 18.9 Å². The van der Waals surface area contributed by atoms with Gasteiger partial charge >= 0.3 is 0 Å². The molecule has 110 valence electrons. The molecule has 0 aromatic heterocycles. The molecule has 2 heterocycles. The Morgan fingerprint density at radius 2 is 2.00 bits per heavy atom. The lowest BCUT2D eigenvalue weighted by atomic mass is 10.0. The van der Waals surface area contributed by atoms with Gasteiger partial charge in [0.15, 0.2) is 0 Å². The fourth-order valence-electron chi connectivity index (χ4n) is 3.22. The van der Waals surface area contributed by atoms with Gasteiger partial charge in [0.2, 0.25) is 11.8 Å². The van der Waals surface area contributed by atoms with Crippen molar-refractivity contribution >= 4 is 50.1 Å². The van der Waals surface area contributed by atoms with Crippen molar-refractivity contribution in [3.05, 3.63) is 40.4 Å². The number of halogens is 1. The molecule has 2 aliphatic heterocycles. The van der Waals surface area contributed by atoms with Gasteiger partial charge in [-0.15, -0.1) is 0 Å². The van der Waals surface area contributed by atoms with Gasteiger partial charge in [-0.2, -0.15) is 0 Å². The van der Waals surface area contributed by atoms with E-state index in [1.165, 1.54) is 4.90 Å². The summed E-state index contributed by atoms with van der Waals surface area (Å²) >= 11 is 3.42. The number of carbonyl (C=O) groups excluding carboxylic acids is 3. The minimum atomic E-state index is -0.637. The summed E-state index contributed by atoms with van der Waals surface area (Å²) in [4.78, 5) is 37.8. The van der Waals surface area contributed by atoms with E-state index in [0.29, 0.717) is 12.0 Å². The summed E-state index contributed by atoms with van der Waals surface area (Å²) in [6.45, 7) is 0. The highest BCUT2D eigenvalue weighted by atomic mass is 79.9. The number of rotatable bonds is 1. The summed E-state index contributed by atoms with van der Waals surface area (Å²) in [6.07, 6.45) is 0.595. The number of anilines is 1. The van der Waals surface area contributed by atoms with Crippen LogP contribution in [0.3, 0.4) is 0 Å². The molecule has 0 bridgehead atoms. The molecule has 22 heavy (non-hydrogen) atoms. The van der Waals surface area contributed by atoms with Crippen molar-refractivity contribution in [3.63, 3.8) is 0 Å². The molecule has 3 amide bonds. The fourth-order valence-corrected chi connectivity index (χ4v) is 3.69. The third-order valence-electron chi connectivity index (χ3n) is 4.15. The van der Waals surface area contributed by atoms with E-state index in [4.69, 9.17) is 0 Å². The van der Waals surface area contributed by atoms with Crippen molar-refractivity contribution in [2.24, 2.45) is 0 Å². The highest BCUT2D eigenvalue weighted by Crippen LogP contribution is 2.40. The zero-order chi connectivity index (χ0) is 15.4. The number of nitrogens with one attached hydrogen (secondary N) is 1. The number of imide groups is 1. The Morgan fingerprint density at radius 1 is 1.18 bits per heavy atom. The summed E-state index contributed by atoms with van der Waals surface area (Å²) in [7, 11) is 0. The van der Waals surface area contributed by atoms with Gasteiger partial charge in [0, 0.05) is 16.3 Å². The molecule has 0 aliphatic carbocycles. The van der Waals surface area contributed by atoms with Gasteiger partial charge < -0.3 is 0 Å². The van der Waals surface area contributed by atoms with Crippen LogP contribution >= 0.6 is 15.9 Å². The largest absolute Gasteiger partial charge is 0.295 e. The first kappa shape index (κ1) is 13.5. The SMILES string of the molecule is O=C1CCC(N2C(=O)c3cc(Br)cc4cccc2c34)C(=O)N1. The smallest absolute Gasteiger partial charge is 0.259 e. The zero-order valence-corrected chi connectivity index (χ0v) is 13.0. The second kappa shape index (κ2) is 4.64. The van der Waals surface area contributed by atoms with Gasteiger partial charge in [-0.05, 0) is 30.0 Å². The molecule has 2 aliphatic rings. The Bertz CT molecular complexity index is 862. The van der Waals surface area contributed by atoms with E-state index >= 15 is 0 Å². The van der Waals surface area contributed by atoms with Gasteiger partial charge in [-0.1, -0.05) is 28.1 Å². The number of nitrogens with zero attached hydrogens (tertiary/aromatic N) is 1. The zero-order valence-electron chi connectivity index (χ0n) is 11.4. The molecule has 1 saturated heterocycles. The highest BCUT2D eigenvalue weighted by Gasteiger charge is 2.40. The normalized spacial score (nSPS) is 20.7. The molecule has 1 N–H and O–H groups in total. The van der Waals surface area contributed by atoms with E-state index in [9.17, 15) is 14.4 Å². The third kappa shape index (κ3) is 1.80. The van der Waals surface area contributed by atoms with E-state index in [1.54, 1.807) is 6.07 Å². The minimum Gasteiger partial charge on any atom is -0.295 e. The lowest BCUT2D eigenvalue weighted by molar-refractivity contribution is -0.134. The Balaban J connectivity index is 1.88. The molecule has 4 rings (SSSR count). The Morgan fingerprint density at radius 3 is 2.77 bits per heavy atom. The van der Waals surface area contributed by atoms with E-state index in [2.05, 4.69) is 21.2 Å². The Hall–Kier alpha value is -2.21. The van der Waals surface area contributed by atoms with Crippen LogP contribution in [-0.2, 0) is 9.59 Å². The molecular formula is C16H11BrN2O3. The summed E-state index contributed by atoms with van der Waals surface area (Å²) in [6, 6.07) is 8.74. The molecule has 0 saturated carbocycles.